The van der Waals surface area contributed by atoms with Crippen LogP contribution in [-0.2, 0) is 23.7 Å². The molecule has 2 aliphatic heterocycles. The molecule has 0 saturated carbocycles. The van der Waals surface area contributed by atoms with Crippen LogP contribution in [0.5, 0.6) is 23.0 Å². The predicted molar refractivity (Wildman–Crippen MR) is 149 cm³/mol. The molecular formula is C30H41NO9. The van der Waals surface area contributed by atoms with Crippen molar-refractivity contribution in [1.29, 1.82) is 0 Å². The normalized spacial score (nSPS) is 20.7. The Hall–Kier alpha value is -3.05. The minimum Gasteiger partial charge on any atom is -0.487 e. The minimum atomic E-state index is 0.157. The van der Waals surface area contributed by atoms with Gasteiger partial charge in [-0.3, -0.25) is 0 Å². The van der Waals surface area contributed by atoms with E-state index in [1.807, 2.05) is 42.5 Å². The van der Waals surface area contributed by atoms with E-state index >= 15 is 0 Å². The number of benzene rings is 2. The van der Waals surface area contributed by atoms with Crippen LogP contribution in [0, 0.1) is 5.92 Å². The molecule has 10 heteroatoms. The summed E-state index contributed by atoms with van der Waals surface area (Å²) in [6.45, 7) is 9.94. The van der Waals surface area contributed by atoms with Crippen LogP contribution in [0.3, 0.4) is 0 Å². The topological polar surface area (TPSA) is 95.4 Å². The first kappa shape index (κ1) is 29.9. The molecule has 40 heavy (non-hydrogen) atoms. The molecule has 0 unspecified atom stereocenters. The van der Waals surface area contributed by atoms with E-state index < -0.39 is 0 Å². The van der Waals surface area contributed by atoms with E-state index in [4.69, 9.17) is 47.6 Å². The molecule has 0 bridgehead atoms. The quantitative estimate of drug-likeness (QED) is 0.545. The summed E-state index contributed by atoms with van der Waals surface area (Å²) in [5.41, 5.74) is 0.857. The predicted octanol–water partition coefficient (Wildman–Crippen LogP) is 3.78. The van der Waals surface area contributed by atoms with Gasteiger partial charge in [0.2, 0.25) is 5.90 Å². The maximum atomic E-state index is 6.04. The molecule has 220 valence electrons. The van der Waals surface area contributed by atoms with E-state index in [-0.39, 0.29) is 6.04 Å². The summed E-state index contributed by atoms with van der Waals surface area (Å²) in [5, 5.41) is 0. The Balaban J connectivity index is 1.31. The first-order valence-corrected chi connectivity index (χ1v) is 14.0. The molecule has 2 heterocycles. The molecule has 0 spiro atoms. The number of para-hydroxylation sites is 2. The Morgan fingerprint density at radius 2 is 1.00 bits per heavy atom. The second kappa shape index (κ2) is 16.9. The fraction of sp³-hybridized carbons (Fsp3) is 0.567. The summed E-state index contributed by atoms with van der Waals surface area (Å²) in [5.74, 6) is 3.62. The lowest BCUT2D eigenvalue weighted by molar-refractivity contribution is 0.0223. The van der Waals surface area contributed by atoms with Crippen LogP contribution >= 0.6 is 0 Å². The highest BCUT2D eigenvalue weighted by Gasteiger charge is 2.23. The Kier molecular flexibility index (Phi) is 12.7. The number of aliphatic imine (C=N–C) groups is 1. The molecule has 2 aromatic carbocycles. The largest absolute Gasteiger partial charge is 0.487 e. The number of fused-ring (bicyclic) bond motifs is 2. The molecule has 2 aliphatic rings. The first-order valence-electron chi connectivity index (χ1n) is 14.0. The van der Waals surface area contributed by atoms with Crippen molar-refractivity contribution in [3.63, 3.8) is 0 Å². The third-order valence-electron chi connectivity index (χ3n) is 6.17. The monoisotopic (exact) mass is 559 g/mol. The minimum absolute atomic E-state index is 0.157. The highest BCUT2D eigenvalue weighted by Crippen LogP contribution is 2.30. The molecule has 0 aromatic heterocycles. The third-order valence-corrected chi connectivity index (χ3v) is 6.17. The van der Waals surface area contributed by atoms with E-state index in [1.165, 1.54) is 0 Å². The lowest BCUT2D eigenvalue weighted by atomic mass is 10.1. The van der Waals surface area contributed by atoms with Crippen molar-refractivity contribution in [1.82, 2.24) is 0 Å². The van der Waals surface area contributed by atoms with Gasteiger partial charge in [0.25, 0.3) is 0 Å². The van der Waals surface area contributed by atoms with Gasteiger partial charge in [0, 0.05) is 5.56 Å². The average Bonchev–Trinajstić information content (AvgIpc) is 3.47. The summed E-state index contributed by atoms with van der Waals surface area (Å²) in [6.07, 6.45) is 0. The van der Waals surface area contributed by atoms with E-state index in [1.54, 1.807) is 0 Å². The van der Waals surface area contributed by atoms with Crippen LogP contribution in [0.2, 0.25) is 0 Å². The summed E-state index contributed by atoms with van der Waals surface area (Å²) in [6, 6.07) is 13.4. The molecule has 4 rings (SSSR count). The van der Waals surface area contributed by atoms with Crippen LogP contribution < -0.4 is 18.9 Å². The zero-order valence-electron chi connectivity index (χ0n) is 23.5. The van der Waals surface area contributed by atoms with Crippen LogP contribution in [0.25, 0.3) is 0 Å². The van der Waals surface area contributed by atoms with Gasteiger partial charge in [-0.1, -0.05) is 26.0 Å². The van der Waals surface area contributed by atoms with E-state index in [2.05, 4.69) is 13.8 Å². The van der Waals surface area contributed by atoms with Crippen LogP contribution in [0.4, 0.5) is 0 Å². The Morgan fingerprint density at radius 3 is 1.48 bits per heavy atom. The van der Waals surface area contributed by atoms with Gasteiger partial charge in [0.15, 0.2) is 23.0 Å². The van der Waals surface area contributed by atoms with Gasteiger partial charge in [-0.15, -0.1) is 0 Å². The van der Waals surface area contributed by atoms with Crippen molar-refractivity contribution in [3.05, 3.63) is 48.0 Å². The zero-order valence-corrected chi connectivity index (χ0v) is 23.5. The molecule has 10 nitrogen and oxygen atoms in total. The average molecular weight is 560 g/mol. The van der Waals surface area contributed by atoms with Crippen LogP contribution in [0.1, 0.15) is 19.4 Å². The summed E-state index contributed by atoms with van der Waals surface area (Å²) >= 11 is 0. The number of hydrogen-bond donors (Lipinski definition) is 0. The van der Waals surface area contributed by atoms with Crippen molar-refractivity contribution in [3.8, 4) is 23.0 Å². The smallest absolute Gasteiger partial charge is 0.216 e. The fourth-order valence-electron chi connectivity index (χ4n) is 3.94. The molecule has 2 aromatic rings. The molecule has 0 fully saturated rings. The number of rotatable bonds is 2. The Morgan fingerprint density at radius 1 is 0.550 bits per heavy atom. The second-order valence-electron chi connectivity index (χ2n) is 9.51. The number of nitrogens with zero attached hydrogens (tertiary/aromatic N) is 1. The van der Waals surface area contributed by atoms with E-state index in [0.29, 0.717) is 121 Å². The molecular weight excluding hydrogens is 518 g/mol. The Bertz CT molecular complexity index is 1050. The second-order valence-corrected chi connectivity index (χ2v) is 9.51. The lowest BCUT2D eigenvalue weighted by Gasteiger charge is -2.15. The Labute approximate surface area is 236 Å². The van der Waals surface area contributed by atoms with E-state index in [9.17, 15) is 0 Å². The van der Waals surface area contributed by atoms with Crippen molar-refractivity contribution >= 4 is 5.90 Å². The highest BCUT2D eigenvalue weighted by molar-refractivity contribution is 5.95. The van der Waals surface area contributed by atoms with Gasteiger partial charge < -0.3 is 42.6 Å². The first-order chi connectivity index (χ1) is 19.7. The van der Waals surface area contributed by atoms with Crippen LogP contribution in [-0.4, -0.2) is 97.8 Å². The summed E-state index contributed by atoms with van der Waals surface area (Å²) < 4.78 is 52.1. The molecule has 0 aliphatic carbocycles. The van der Waals surface area contributed by atoms with Gasteiger partial charge in [-0.05, 0) is 36.2 Å². The molecule has 0 amide bonds. The standard InChI is InChI=1S/C30H41NO9/c1-23(2)25-22-40-30(31-25)24-7-8-28-29(21-24)39-20-16-35-12-11-33-14-18-37-27-6-4-3-5-26(27)36-17-13-32-9-10-34-15-19-38-28/h3-8,21,23,25H,9-20,22H2,1-2H3/t25-/m1/s1. The lowest BCUT2D eigenvalue weighted by Crippen LogP contribution is -2.15. The maximum Gasteiger partial charge on any atom is 0.216 e. The van der Waals surface area contributed by atoms with Crippen molar-refractivity contribution in [2.45, 2.75) is 19.9 Å². The highest BCUT2D eigenvalue weighted by atomic mass is 16.6. The number of hydrogen-bond acceptors (Lipinski definition) is 10. The van der Waals surface area contributed by atoms with Crippen molar-refractivity contribution in [2.24, 2.45) is 10.9 Å². The van der Waals surface area contributed by atoms with Crippen LogP contribution in [0.15, 0.2) is 47.5 Å². The van der Waals surface area contributed by atoms with Gasteiger partial charge in [0.05, 0.1) is 58.9 Å². The van der Waals surface area contributed by atoms with Crippen molar-refractivity contribution in [2.75, 3.05) is 85.9 Å². The summed E-state index contributed by atoms with van der Waals surface area (Å²) in [7, 11) is 0. The molecule has 0 N–H and O–H groups in total. The zero-order chi connectivity index (χ0) is 27.8. The van der Waals surface area contributed by atoms with E-state index in [0.717, 1.165) is 5.56 Å². The SMILES string of the molecule is CC(C)[C@H]1COC(c2ccc3c(c2)OCCOCCOCCOc2ccccc2OCCOCCOCCO3)=N1. The number of ether oxygens (including phenoxy) is 9. The maximum absolute atomic E-state index is 6.04. The molecule has 1 atom stereocenters. The summed E-state index contributed by atoms with van der Waals surface area (Å²) in [4.78, 5) is 4.73. The fourth-order valence-corrected chi connectivity index (χ4v) is 3.94. The van der Waals surface area contributed by atoms with Gasteiger partial charge in [0.1, 0.15) is 33.0 Å². The van der Waals surface area contributed by atoms with Gasteiger partial charge >= 0.3 is 0 Å². The molecule has 0 radical (unpaired) electrons. The van der Waals surface area contributed by atoms with Gasteiger partial charge in [-0.25, -0.2) is 4.99 Å². The van der Waals surface area contributed by atoms with Gasteiger partial charge in [-0.2, -0.15) is 0 Å². The van der Waals surface area contributed by atoms with Crippen molar-refractivity contribution < 1.29 is 42.6 Å². The third kappa shape index (κ3) is 9.85. The molecule has 0 saturated heterocycles.